The normalized spacial score (nSPS) is 18.5. The first-order chi connectivity index (χ1) is 9.91. The fourth-order valence-electron chi connectivity index (χ4n) is 1.98. The zero-order valence-electron chi connectivity index (χ0n) is 12.4. The molecular weight excluding hydrogens is 278 g/mol. The summed E-state index contributed by atoms with van der Waals surface area (Å²) in [6, 6.07) is -1.41. The van der Waals surface area contributed by atoms with Crippen LogP contribution < -0.4 is 10.6 Å². The van der Waals surface area contributed by atoms with Crippen LogP contribution in [0.3, 0.4) is 0 Å². The number of ether oxygens (including phenoxy) is 1. The molecule has 1 rings (SSSR count). The lowest BCUT2D eigenvalue weighted by Gasteiger charge is -2.34. The molecule has 0 aliphatic carbocycles. The molecule has 1 fully saturated rings. The fraction of sp³-hybridized carbons (Fsp3) is 0.769. The summed E-state index contributed by atoms with van der Waals surface area (Å²) < 4.78 is 5.34. The maximum atomic E-state index is 12.0. The average molecular weight is 301 g/mol. The van der Waals surface area contributed by atoms with Gasteiger partial charge in [0.2, 0.25) is 5.91 Å². The second kappa shape index (κ2) is 8.46. The van der Waals surface area contributed by atoms with Crippen molar-refractivity contribution in [3.8, 4) is 0 Å². The number of carboxylic acids is 1. The molecular formula is C13H23N3O5. The number of hydrogen-bond donors (Lipinski definition) is 3. The van der Waals surface area contributed by atoms with Crippen LogP contribution in [-0.2, 0) is 14.3 Å². The standard InChI is InChI=1S/C13H23N3O5/c1-9(2)8-21-6-4-15-13(20)16-5-3-14-12(19)10(16)7-11(17)18/h9-10H,3-8H2,1-2H3,(H,14,19)(H,15,20)(H,17,18). The molecule has 0 saturated carbocycles. The molecule has 1 atom stereocenters. The van der Waals surface area contributed by atoms with Crippen molar-refractivity contribution in [2.24, 2.45) is 5.92 Å². The highest BCUT2D eigenvalue weighted by Gasteiger charge is 2.34. The largest absolute Gasteiger partial charge is 0.481 e. The van der Waals surface area contributed by atoms with E-state index in [9.17, 15) is 14.4 Å². The van der Waals surface area contributed by atoms with Gasteiger partial charge in [0.05, 0.1) is 13.0 Å². The van der Waals surface area contributed by atoms with Crippen molar-refractivity contribution in [1.29, 1.82) is 0 Å². The molecule has 0 aromatic rings. The van der Waals surface area contributed by atoms with Gasteiger partial charge in [-0.3, -0.25) is 9.59 Å². The van der Waals surface area contributed by atoms with Crippen molar-refractivity contribution in [3.63, 3.8) is 0 Å². The topological polar surface area (TPSA) is 108 Å². The predicted octanol–water partition coefficient (Wildman–Crippen LogP) is -0.356. The Kier molecular flexibility index (Phi) is 6.93. The quantitative estimate of drug-likeness (QED) is 0.557. The summed E-state index contributed by atoms with van der Waals surface area (Å²) in [6.07, 6.45) is -0.400. The van der Waals surface area contributed by atoms with Crippen molar-refractivity contribution in [1.82, 2.24) is 15.5 Å². The van der Waals surface area contributed by atoms with E-state index in [1.54, 1.807) is 0 Å². The first-order valence-electron chi connectivity index (χ1n) is 7.03. The molecule has 1 aliphatic rings. The Morgan fingerprint density at radius 3 is 2.86 bits per heavy atom. The molecule has 8 heteroatoms. The van der Waals surface area contributed by atoms with Crippen LogP contribution >= 0.6 is 0 Å². The smallest absolute Gasteiger partial charge is 0.318 e. The number of urea groups is 1. The molecule has 1 heterocycles. The monoisotopic (exact) mass is 301 g/mol. The molecule has 3 amide bonds. The van der Waals surface area contributed by atoms with E-state index in [4.69, 9.17) is 9.84 Å². The number of amides is 3. The van der Waals surface area contributed by atoms with Gasteiger partial charge in [-0.05, 0) is 5.92 Å². The summed E-state index contributed by atoms with van der Waals surface area (Å²) in [5.74, 6) is -1.13. The molecule has 0 aromatic carbocycles. The van der Waals surface area contributed by atoms with Crippen LogP contribution in [0.1, 0.15) is 20.3 Å². The van der Waals surface area contributed by atoms with Crippen LogP contribution in [0.15, 0.2) is 0 Å². The molecule has 1 saturated heterocycles. The number of aliphatic carboxylic acids is 1. The highest BCUT2D eigenvalue weighted by molar-refractivity contribution is 5.91. The Bertz CT molecular complexity index is 386. The third-order valence-electron chi connectivity index (χ3n) is 2.93. The van der Waals surface area contributed by atoms with E-state index in [0.29, 0.717) is 38.8 Å². The zero-order chi connectivity index (χ0) is 15.8. The molecule has 0 spiro atoms. The lowest BCUT2D eigenvalue weighted by atomic mass is 10.1. The summed E-state index contributed by atoms with van der Waals surface area (Å²) in [7, 11) is 0. The van der Waals surface area contributed by atoms with Crippen molar-refractivity contribution in [3.05, 3.63) is 0 Å². The first-order valence-corrected chi connectivity index (χ1v) is 7.03. The minimum atomic E-state index is -1.12. The minimum absolute atomic E-state index is 0.294. The van der Waals surface area contributed by atoms with Gasteiger partial charge in [-0.25, -0.2) is 4.79 Å². The van der Waals surface area contributed by atoms with Gasteiger partial charge in [0.25, 0.3) is 0 Å². The zero-order valence-corrected chi connectivity index (χ0v) is 12.4. The van der Waals surface area contributed by atoms with Crippen LogP contribution in [0.2, 0.25) is 0 Å². The molecule has 21 heavy (non-hydrogen) atoms. The summed E-state index contributed by atoms with van der Waals surface area (Å²) in [4.78, 5) is 35.7. The number of rotatable bonds is 7. The van der Waals surface area contributed by atoms with Gasteiger partial charge in [-0.1, -0.05) is 13.8 Å². The van der Waals surface area contributed by atoms with Crippen LogP contribution in [0.25, 0.3) is 0 Å². The van der Waals surface area contributed by atoms with Crippen LogP contribution in [0, 0.1) is 5.92 Å². The Morgan fingerprint density at radius 1 is 1.52 bits per heavy atom. The van der Waals surface area contributed by atoms with Gasteiger partial charge in [0.1, 0.15) is 6.04 Å². The molecule has 0 radical (unpaired) electrons. The number of piperazine rings is 1. The van der Waals surface area contributed by atoms with E-state index in [-0.39, 0.29) is 0 Å². The molecule has 1 unspecified atom stereocenters. The second-order valence-electron chi connectivity index (χ2n) is 5.30. The number of nitrogens with one attached hydrogen (secondary N) is 2. The lowest BCUT2D eigenvalue weighted by Crippen LogP contribution is -2.60. The lowest BCUT2D eigenvalue weighted by molar-refractivity contribution is -0.142. The minimum Gasteiger partial charge on any atom is -0.481 e. The molecule has 0 bridgehead atoms. The first kappa shape index (κ1) is 17.2. The number of carbonyl (C=O) groups is 3. The predicted molar refractivity (Wildman–Crippen MR) is 74.8 cm³/mol. The van der Waals surface area contributed by atoms with E-state index in [1.807, 2.05) is 13.8 Å². The molecule has 120 valence electrons. The maximum absolute atomic E-state index is 12.0. The number of nitrogens with zero attached hydrogens (tertiary/aromatic N) is 1. The van der Waals surface area contributed by atoms with Crippen molar-refractivity contribution in [2.45, 2.75) is 26.3 Å². The van der Waals surface area contributed by atoms with Crippen LogP contribution in [0.4, 0.5) is 4.79 Å². The molecule has 1 aliphatic heterocycles. The Labute approximate surface area is 123 Å². The van der Waals surface area contributed by atoms with Gasteiger partial charge in [-0.15, -0.1) is 0 Å². The maximum Gasteiger partial charge on any atom is 0.318 e. The van der Waals surface area contributed by atoms with Crippen molar-refractivity contribution >= 4 is 17.9 Å². The van der Waals surface area contributed by atoms with Crippen molar-refractivity contribution < 1.29 is 24.2 Å². The van der Waals surface area contributed by atoms with E-state index < -0.39 is 30.4 Å². The van der Waals surface area contributed by atoms with E-state index in [1.165, 1.54) is 4.90 Å². The van der Waals surface area contributed by atoms with E-state index >= 15 is 0 Å². The van der Waals surface area contributed by atoms with Crippen molar-refractivity contribution in [2.75, 3.05) is 32.8 Å². The Morgan fingerprint density at radius 2 is 2.24 bits per heavy atom. The van der Waals surface area contributed by atoms with Gasteiger partial charge in [-0.2, -0.15) is 0 Å². The summed E-state index contributed by atoms with van der Waals surface area (Å²) in [6.45, 7) is 6.00. The summed E-state index contributed by atoms with van der Waals surface area (Å²) in [5, 5.41) is 14.0. The molecule has 0 aromatic heterocycles. The average Bonchev–Trinajstić information content (AvgIpc) is 2.39. The molecule has 3 N–H and O–H groups in total. The van der Waals surface area contributed by atoms with Gasteiger partial charge >= 0.3 is 12.0 Å². The summed E-state index contributed by atoms with van der Waals surface area (Å²) >= 11 is 0. The Hall–Kier alpha value is -1.83. The SMILES string of the molecule is CC(C)COCCNC(=O)N1CCNC(=O)C1CC(=O)O. The fourth-order valence-corrected chi connectivity index (χ4v) is 1.98. The highest BCUT2D eigenvalue weighted by atomic mass is 16.5. The third-order valence-corrected chi connectivity index (χ3v) is 2.93. The third kappa shape index (κ3) is 5.99. The van der Waals surface area contributed by atoms with E-state index in [0.717, 1.165) is 0 Å². The molecule has 8 nitrogen and oxygen atoms in total. The number of carbonyl (C=O) groups excluding carboxylic acids is 2. The van der Waals surface area contributed by atoms with Gasteiger partial charge in [0, 0.05) is 26.2 Å². The highest BCUT2D eigenvalue weighted by Crippen LogP contribution is 2.09. The van der Waals surface area contributed by atoms with E-state index in [2.05, 4.69) is 10.6 Å². The second-order valence-corrected chi connectivity index (χ2v) is 5.30. The van der Waals surface area contributed by atoms with Gasteiger partial charge < -0.3 is 25.4 Å². The number of carboxylic acid groups (broad SMARTS) is 1. The Balaban J connectivity index is 2.42. The number of hydrogen-bond acceptors (Lipinski definition) is 4. The van der Waals surface area contributed by atoms with Gasteiger partial charge in [0.15, 0.2) is 0 Å². The van der Waals surface area contributed by atoms with Crippen LogP contribution in [0.5, 0.6) is 0 Å². The van der Waals surface area contributed by atoms with Crippen LogP contribution in [-0.4, -0.2) is 66.8 Å². The summed E-state index contributed by atoms with van der Waals surface area (Å²) in [5.41, 5.74) is 0.